The molecule has 2 aromatic rings. The van der Waals surface area contributed by atoms with Gasteiger partial charge in [-0.15, -0.1) is 0 Å². The molecule has 0 spiro atoms. The molecule has 0 saturated carbocycles. The first-order valence-corrected chi connectivity index (χ1v) is 5.65. The van der Waals surface area contributed by atoms with Crippen molar-refractivity contribution < 1.29 is 22.7 Å². The highest BCUT2D eigenvalue weighted by molar-refractivity contribution is 7.51. The third-order valence-corrected chi connectivity index (χ3v) is 2.06. The van der Waals surface area contributed by atoms with E-state index in [-0.39, 0.29) is 5.82 Å². The van der Waals surface area contributed by atoms with Gasteiger partial charge < -0.3 is 10.1 Å². The van der Waals surface area contributed by atoms with Gasteiger partial charge in [-0.2, -0.15) is 8.42 Å². The second-order valence-electron chi connectivity index (χ2n) is 2.97. The fourth-order valence-electron chi connectivity index (χ4n) is 1.39. The number of carbonyl (C=O) groups excluding carboxylic acids is 1. The summed E-state index contributed by atoms with van der Waals surface area (Å²) in [5, 5.41) is 7.00. The quantitative estimate of drug-likeness (QED) is 0.820. The summed E-state index contributed by atoms with van der Waals surface area (Å²) >= 11 is -0.750. The molecule has 2 N–H and O–H groups in total. The van der Waals surface area contributed by atoms with Crippen LogP contribution in [0.5, 0.6) is 0 Å². The molecule has 0 aliphatic carbocycles. The first-order chi connectivity index (χ1) is 9.24. The van der Waals surface area contributed by atoms with Crippen molar-refractivity contribution >= 4 is 17.9 Å². The molecule has 19 heavy (non-hydrogen) atoms. The van der Waals surface area contributed by atoms with E-state index in [2.05, 4.69) is 4.98 Å². The van der Waals surface area contributed by atoms with Gasteiger partial charge in [0.05, 0.1) is 5.69 Å². The average Bonchev–Trinajstić information content (AvgIpc) is 2.90. The number of halogens is 1. The van der Waals surface area contributed by atoms with Gasteiger partial charge in [-0.05, 0) is 12.1 Å². The van der Waals surface area contributed by atoms with Crippen LogP contribution in [0.2, 0.25) is 0 Å². The smallest absolute Gasteiger partial charge is 0.335 e. The maximum atomic E-state index is 13.3. The molecule has 0 radical (unpaired) electrons. The van der Waals surface area contributed by atoms with Crippen LogP contribution < -0.4 is 0 Å². The fourth-order valence-corrected chi connectivity index (χ4v) is 1.39. The molecule has 0 aliphatic heterocycles. The summed E-state index contributed by atoms with van der Waals surface area (Å²) in [6, 6.07) is 8.05. The molecule has 5 nitrogen and oxygen atoms in total. The Morgan fingerprint density at radius 3 is 2.26 bits per heavy atom. The maximum Gasteiger partial charge on any atom is 0.335 e. The zero-order chi connectivity index (χ0) is 14.7. The third-order valence-electron chi connectivity index (χ3n) is 2.06. The monoisotopic (exact) mass is 285 g/mol. The van der Waals surface area contributed by atoms with E-state index in [4.69, 9.17) is 13.5 Å². The van der Waals surface area contributed by atoms with Crippen LogP contribution in [-0.2, 0) is 11.6 Å². The standard InChI is InChI=1S/C11H8FNO.CH4O.O2S/c12-10-4-2-1-3-8(10)9-5-6-13-11(9)7-14;1-2;1-3-2/h1-7,13H;2H,1H3;. The number of nitrogens with one attached hydrogen (secondary N) is 1. The summed E-state index contributed by atoms with van der Waals surface area (Å²) in [7, 11) is 1.00. The number of rotatable bonds is 2. The number of hydrogen-bond donors (Lipinski definition) is 2. The number of aliphatic hydroxyl groups excluding tert-OH is 1. The minimum Gasteiger partial charge on any atom is -0.400 e. The minimum absolute atomic E-state index is 0.324. The molecule has 2 rings (SSSR count). The lowest BCUT2D eigenvalue weighted by atomic mass is 10.1. The van der Waals surface area contributed by atoms with Gasteiger partial charge in [0.15, 0.2) is 6.29 Å². The molecule has 0 atom stereocenters. The van der Waals surface area contributed by atoms with E-state index in [0.29, 0.717) is 23.1 Å². The second-order valence-corrected chi connectivity index (χ2v) is 3.11. The van der Waals surface area contributed by atoms with E-state index in [1.807, 2.05) is 0 Å². The van der Waals surface area contributed by atoms with Gasteiger partial charge >= 0.3 is 11.6 Å². The summed E-state index contributed by atoms with van der Waals surface area (Å²) < 4.78 is 29.9. The van der Waals surface area contributed by atoms with Crippen LogP contribution in [0.15, 0.2) is 36.5 Å². The van der Waals surface area contributed by atoms with Crippen molar-refractivity contribution in [2.24, 2.45) is 0 Å². The lowest BCUT2D eigenvalue weighted by Gasteiger charge is -2.00. The number of aliphatic hydroxyl groups is 1. The van der Waals surface area contributed by atoms with Crippen LogP contribution in [0.1, 0.15) is 10.5 Å². The van der Waals surface area contributed by atoms with Gasteiger partial charge in [-0.25, -0.2) is 4.39 Å². The highest BCUT2D eigenvalue weighted by atomic mass is 32.1. The zero-order valence-corrected chi connectivity index (χ0v) is 10.8. The Bertz CT molecular complexity index is 550. The number of carbonyl (C=O) groups is 1. The summed E-state index contributed by atoms with van der Waals surface area (Å²) in [5.74, 6) is -0.324. The topological polar surface area (TPSA) is 87.2 Å². The van der Waals surface area contributed by atoms with E-state index in [1.54, 1.807) is 30.5 Å². The normalized spacial score (nSPS) is 8.37. The number of hydrogen-bond acceptors (Lipinski definition) is 4. The number of benzene rings is 1. The van der Waals surface area contributed by atoms with Gasteiger partial charge in [-0.1, -0.05) is 18.2 Å². The third kappa shape index (κ3) is 4.94. The molecule has 1 heterocycles. The second kappa shape index (κ2) is 9.86. The Hall–Kier alpha value is -2.12. The van der Waals surface area contributed by atoms with Crippen molar-refractivity contribution in [3.05, 3.63) is 48.0 Å². The number of aldehydes is 1. The molecule has 0 saturated heterocycles. The van der Waals surface area contributed by atoms with Crippen LogP contribution in [0.25, 0.3) is 11.1 Å². The van der Waals surface area contributed by atoms with Crippen LogP contribution in [-0.4, -0.2) is 31.9 Å². The Morgan fingerprint density at radius 2 is 1.74 bits per heavy atom. The molecule has 1 aromatic heterocycles. The van der Waals surface area contributed by atoms with Crippen molar-refractivity contribution in [3.8, 4) is 11.1 Å². The lowest BCUT2D eigenvalue weighted by molar-refractivity contribution is 0.112. The SMILES string of the molecule is CO.O=Cc1[nH]ccc1-c1ccccc1F.O=S=O. The Morgan fingerprint density at radius 1 is 1.16 bits per heavy atom. The van der Waals surface area contributed by atoms with E-state index in [1.165, 1.54) is 6.07 Å². The summed E-state index contributed by atoms with van der Waals surface area (Å²) in [4.78, 5) is 13.4. The van der Waals surface area contributed by atoms with Crippen molar-refractivity contribution in [1.82, 2.24) is 4.98 Å². The molecule has 0 bridgehead atoms. The molecule has 1 aromatic carbocycles. The number of aromatic amines is 1. The Labute approximate surface area is 112 Å². The van der Waals surface area contributed by atoms with E-state index in [0.717, 1.165) is 7.11 Å². The lowest BCUT2D eigenvalue weighted by Crippen LogP contribution is -1.87. The molecule has 0 fully saturated rings. The summed E-state index contributed by atoms with van der Waals surface area (Å²) in [5.41, 5.74) is 1.43. The number of H-pyrrole nitrogens is 1. The molecule has 102 valence electrons. The van der Waals surface area contributed by atoms with Crippen molar-refractivity contribution in [1.29, 1.82) is 0 Å². The average molecular weight is 285 g/mol. The molecule has 0 aliphatic rings. The van der Waals surface area contributed by atoms with Gasteiger partial charge in [0.1, 0.15) is 5.82 Å². The van der Waals surface area contributed by atoms with Crippen LogP contribution >= 0.6 is 0 Å². The van der Waals surface area contributed by atoms with Crippen molar-refractivity contribution in [2.45, 2.75) is 0 Å². The summed E-state index contributed by atoms with van der Waals surface area (Å²) in [6.45, 7) is 0. The Kier molecular flexibility index (Phi) is 8.76. The van der Waals surface area contributed by atoms with Crippen LogP contribution in [0.3, 0.4) is 0 Å². The Balaban J connectivity index is 0.000000573. The first-order valence-electron chi connectivity index (χ1n) is 4.98. The van der Waals surface area contributed by atoms with Gasteiger partial charge in [-0.3, -0.25) is 4.79 Å². The van der Waals surface area contributed by atoms with Crippen molar-refractivity contribution in [2.75, 3.05) is 7.11 Å². The number of aromatic nitrogens is 1. The van der Waals surface area contributed by atoms with Crippen LogP contribution in [0, 0.1) is 5.82 Å². The highest BCUT2D eigenvalue weighted by Gasteiger charge is 2.08. The minimum atomic E-state index is -0.750. The van der Waals surface area contributed by atoms with Gasteiger partial charge in [0, 0.05) is 24.4 Å². The maximum absolute atomic E-state index is 13.3. The zero-order valence-electron chi connectivity index (χ0n) is 10.00. The van der Waals surface area contributed by atoms with E-state index in [9.17, 15) is 9.18 Å². The van der Waals surface area contributed by atoms with Gasteiger partial charge in [0.25, 0.3) is 0 Å². The molecule has 0 unspecified atom stereocenters. The summed E-state index contributed by atoms with van der Waals surface area (Å²) in [6.07, 6.45) is 2.30. The van der Waals surface area contributed by atoms with Crippen LogP contribution in [0.4, 0.5) is 4.39 Å². The van der Waals surface area contributed by atoms with Gasteiger partial charge in [0.2, 0.25) is 0 Å². The van der Waals surface area contributed by atoms with Crippen molar-refractivity contribution in [3.63, 3.8) is 0 Å². The molecule has 0 amide bonds. The predicted octanol–water partition coefficient (Wildman–Crippen LogP) is 1.57. The predicted molar refractivity (Wildman–Crippen MR) is 68.6 cm³/mol. The molecule has 7 heteroatoms. The molecular formula is C12H12FNO4S. The fraction of sp³-hybridized carbons (Fsp3) is 0.0833. The highest BCUT2D eigenvalue weighted by Crippen LogP contribution is 2.24. The molecular weight excluding hydrogens is 273 g/mol. The van der Waals surface area contributed by atoms with E-state index < -0.39 is 11.6 Å². The van der Waals surface area contributed by atoms with E-state index >= 15 is 0 Å². The largest absolute Gasteiger partial charge is 0.400 e. The first kappa shape index (κ1) is 16.9.